The Morgan fingerprint density at radius 2 is 2.12 bits per heavy atom. The Bertz CT molecular complexity index is 894. The van der Waals surface area contributed by atoms with Crippen LogP contribution in [0.4, 0.5) is 0 Å². The fourth-order valence-corrected chi connectivity index (χ4v) is 4.15. The molecule has 2 aromatic heterocycles. The van der Waals surface area contributed by atoms with Crippen molar-refractivity contribution in [3.8, 4) is 11.8 Å². The van der Waals surface area contributed by atoms with Gasteiger partial charge in [0.25, 0.3) is 5.91 Å². The Hall–Kier alpha value is -2.67. The summed E-state index contributed by atoms with van der Waals surface area (Å²) in [5, 5.41) is 1.11. The average Bonchev–Trinajstić information content (AvgIpc) is 3.12. The van der Waals surface area contributed by atoms with Gasteiger partial charge >= 0.3 is 0 Å². The van der Waals surface area contributed by atoms with Gasteiger partial charge in [-0.05, 0) is 30.4 Å². The van der Waals surface area contributed by atoms with Gasteiger partial charge in [0, 0.05) is 11.2 Å². The molecule has 1 amide bonds. The van der Waals surface area contributed by atoms with E-state index < -0.39 is 0 Å². The lowest BCUT2D eigenvalue weighted by Gasteiger charge is -2.32. The Balaban J connectivity index is 1.46. The number of carbonyl (C=O) groups excluding carboxylic acids is 1. The number of hydrogen-bond donors (Lipinski definition) is 0. The summed E-state index contributed by atoms with van der Waals surface area (Å²) in [7, 11) is 1.54. The monoisotopic (exact) mass is 369 g/mol. The quantitative estimate of drug-likeness (QED) is 0.705. The van der Waals surface area contributed by atoms with Gasteiger partial charge in [-0.25, -0.2) is 0 Å². The van der Waals surface area contributed by atoms with Gasteiger partial charge in [0.15, 0.2) is 0 Å². The minimum atomic E-state index is -0.0940. The van der Waals surface area contributed by atoms with Gasteiger partial charge in [-0.3, -0.25) is 9.78 Å². The molecule has 0 bridgehead atoms. The minimum absolute atomic E-state index is 0.0660. The van der Waals surface area contributed by atoms with E-state index in [1.807, 2.05) is 35.2 Å². The molecular weight excluding hydrogens is 350 g/mol. The van der Waals surface area contributed by atoms with E-state index in [0.717, 1.165) is 34.3 Å². The molecule has 1 fully saturated rings. The fourth-order valence-electron chi connectivity index (χ4n) is 3.12. The van der Waals surface area contributed by atoms with Crippen LogP contribution in [0.3, 0.4) is 0 Å². The van der Waals surface area contributed by atoms with Crippen LogP contribution in [-0.2, 0) is 0 Å². The van der Waals surface area contributed by atoms with Crippen LogP contribution < -0.4 is 9.47 Å². The molecule has 1 aliphatic rings. The van der Waals surface area contributed by atoms with Crippen molar-refractivity contribution < 1.29 is 14.3 Å². The molecule has 26 heavy (non-hydrogen) atoms. The summed E-state index contributed by atoms with van der Waals surface area (Å²) in [6.07, 6.45) is 4.79. The Morgan fingerprint density at radius 1 is 1.27 bits per heavy atom. The van der Waals surface area contributed by atoms with E-state index in [4.69, 9.17) is 9.47 Å². The maximum atomic E-state index is 12.9. The number of thiophene rings is 1. The standard InChI is InChI=1S/C19H19N3O3S/c1-24-17-10-20-11-18(21-17)25-14-6-4-8-22(12-14)19(23)16-9-13-5-2-3-7-15(13)26-16/h2-3,5,7,9-11,14H,4,6,8,12H2,1H3. The molecule has 0 saturated carbocycles. The number of rotatable bonds is 4. The van der Waals surface area contributed by atoms with Crippen LogP contribution in [0.2, 0.25) is 0 Å². The van der Waals surface area contributed by atoms with Crippen molar-refractivity contribution in [1.29, 1.82) is 0 Å². The first kappa shape index (κ1) is 16.8. The van der Waals surface area contributed by atoms with Gasteiger partial charge < -0.3 is 14.4 Å². The summed E-state index contributed by atoms with van der Waals surface area (Å²) >= 11 is 1.54. The zero-order valence-electron chi connectivity index (χ0n) is 14.4. The Morgan fingerprint density at radius 3 is 2.96 bits per heavy atom. The van der Waals surface area contributed by atoms with Crippen LogP contribution in [0.15, 0.2) is 42.7 Å². The topological polar surface area (TPSA) is 64.6 Å². The van der Waals surface area contributed by atoms with Crippen molar-refractivity contribution in [2.75, 3.05) is 20.2 Å². The highest BCUT2D eigenvalue weighted by atomic mass is 32.1. The third-order valence-corrected chi connectivity index (χ3v) is 5.49. The van der Waals surface area contributed by atoms with Gasteiger partial charge in [0.05, 0.1) is 30.9 Å². The van der Waals surface area contributed by atoms with E-state index in [1.54, 1.807) is 13.3 Å². The van der Waals surface area contributed by atoms with Crippen LogP contribution in [0.5, 0.6) is 11.8 Å². The number of fused-ring (bicyclic) bond motifs is 1. The Labute approximate surface area is 155 Å². The first-order valence-corrected chi connectivity index (χ1v) is 9.35. The van der Waals surface area contributed by atoms with Crippen molar-refractivity contribution in [3.05, 3.63) is 47.6 Å². The van der Waals surface area contributed by atoms with Crippen LogP contribution in [0.1, 0.15) is 22.5 Å². The van der Waals surface area contributed by atoms with Crippen LogP contribution >= 0.6 is 11.3 Å². The van der Waals surface area contributed by atoms with Crippen LogP contribution in [0.25, 0.3) is 10.1 Å². The smallest absolute Gasteiger partial charge is 0.264 e. The number of hydrogen-bond acceptors (Lipinski definition) is 6. The third-order valence-electron chi connectivity index (χ3n) is 4.39. The van der Waals surface area contributed by atoms with Crippen LogP contribution in [0, 0.1) is 0 Å². The summed E-state index contributed by atoms with van der Waals surface area (Å²) in [6.45, 7) is 1.29. The number of carbonyl (C=O) groups is 1. The summed E-state index contributed by atoms with van der Waals surface area (Å²) in [6, 6.07) is 10.0. The van der Waals surface area contributed by atoms with E-state index >= 15 is 0 Å². The highest BCUT2D eigenvalue weighted by Gasteiger charge is 2.27. The molecule has 0 radical (unpaired) electrons. The Kier molecular flexibility index (Phi) is 4.71. The molecule has 4 rings (SSSR count). The van der Waals surface area contributed by atoms with Crippen molar-refractivity contribution in [2.45, 2.75) is 18.9 Å². The maximum Gasteiger partial charge on any atom is 0.264 e. The second kappa shape index (κ2) is 7.29. The molecule has 0 N–H and O–H groups in total. The number of amides is 1. The summed E-state index contributed by atoms with van der Waals surface area (Å²) in [5.41, 5.74) is 0. The molecule has 3 aromatic rings. The zero-order chi connectivity index (χ0) is 17.9. The molecule has 7 heteroatoms. The molecule has 1 aliphatic heterocycles. The van der Waals surface area contributed by atoms with E-state index in [0.29, 0.717) is 18.3 Å². The minimum Gasteiger partial charge on any atom is -0.480 e. The molecule has 134 valence electrons. The molecule has 1 saturated heterocycles. The SMILES string of the molecule is COc1cncc(OC2CCCN(C(=O)c3cc4ccccc4s3)C2)n1. The zero-order valence-corrected chi connectivity index (χ0v) is 15.2. The molecule has 0 aliphatic carbocycles. The summed E-state index contributed by atoms with van der Waals surface area (Å²) < 4.78 is 12.1. The fraction of sp³-hybridized carbons (Fsp3) is 0.316. The van der Waals surface area contributed by atoms with Gasteiger partial charge in [-0.15, -0.1) is 11.3 Å². The highest BCUT2D eigenvalue weighted by molar-refractivity contribution is 7.20. The molecule has 6 nitrogen and oxygen atoms in total. The van der Waals surface area contributed by atoms with Crippen molar-refractivity contribution >= 4 is 27.3 Å². The number of aromatic nitrogens is 2. The molecule has 1 unspecified atom stereocenters. The first-order chi connectivity index (χ1) is 12.7. The summed E-state index contributed by atoms with van der Waals surface area (Å²) in [5.74, 6) is 0.901. The molecule has 3 heterocycles. The number of methoxy groups -OCH3 is 1. The molecular formula is C19H19N3O3S. The predicted octanol–water partition coefficient (Wildman–Crippen LogP) is 3.38. The second-order valence-electron chi connectivity index (χ2n) is 6.18. The number of ether oxygens (including phenoxy) is 2. The molecule has 1 aromatic carbocycles. The van der Waals surface area contributed by atoms with Crippen molar-refractivity contribution in [2.24, 2.45) is 0 Å². The second-order valence-corrected chi connectivity index (χ2v) is 7.27. The van der Waals surface area contributed by atoms with Gasteiger partial charge in [0.1, 0.15) is 6.10 Å². The number of likely N-dealkylation sites (tertiary alicyclic amines) is 1. The van der Waals surface area contributed by atoms with E-state index in [1.165, 1.54) is 17.5 Å². The largest absolute Gasteiger partial charge is 0.480 e. The molecule has 0 spiro atoms. The van der Waals surface area contributed by atoms with E-state index in [-0.39, 0.29) is 12.0 Å². The predicted molar refractivity (Wildman–Crippen MR) is 100.0 cm³/mol. The first-order valence-electron chi connectivity index (χ1n) is 8.53. The van der Waals surface area contributed by atoms with Gasteiger partial charge in [0.2, 0.25) is 11.8 Å². The van der Waals surface area contributed by atoms with Crippen molar-refractivity contribution in [1.82, 2.24) is 14.9 Å². The van der Waals surface area contributed by atoms with E-state index in [9.17, 15) is 4.79 Å². The number of nitrogens with zero attached hydrogens (tertiary/aromatic N) is 3. The van der Waals surface area contributed by atoms with Gasteiger partial charge in [-0.2, -0.15) is 4.98 Å². The van der Waals surface area contributed by atoms with Gasteiger partial charge in [-0.1, -0.05) is 18.2 Å². The highest BCUT2D eigenvalue weighted by Crippen LogP contribution is 2.27. The van der Waals surface area contributed by atoms with Crippen LogP contribution in [-0.4, -0.2) is 47.1 Å². The lowest BCUT2D eigenvalue weighted by atomic mass is 10.1. The average molecular weight is 369 g/mol. The van der Waals surface area contributed by atoms with E-state index in [2.05, 4.69) is 9.97 Å². The normalized spacial score (nSPS) is 17.3. The summed E-state index contributed by atoms with van der Waals surface area (Å²) in [4.78, 5) is 23.8. The van der Waals surface area contributed by atoms with Crippen molar-refractivity contribution in [3.63, 3.8) is 0 Å². The maximum absolute atomic E-state index is 12.9. The molecule has 1 atom stereocenters. The number of benzene rings is 1. The third kappa shape index (κ3) is 3.48. The number of piperidine rings is 1. The lowest BCUT2D eigenvalue weighted by molar-refractivity contribution is 0.0529. The lowest BCUT2D eigenvalue weighted by Crippen LogP contribution is -2.44.